The zero-order chi connectivity index (χ0) is 11.1. The summed E-state index contributed by atoms with van der Waals surface area (Å²) in [7, 11) is 0. The van der Waals surface area contributed by atoms with Gasteiger partial charge < -0.3 is 0 Å². The van der Waals surface area contributed by atoms with E-state index in [1.165, 1.54) is 44.9 Å². The van der Waals surface area contributed by atoms with E-state index in [1.54, 1.807) is 0 Å². The molecule has 3 aliphatic rings. The molecule has 16 heavy (non-hydrogen) atoms. The van der Waals surface area contributed by atoms with Crippen molar-refractivity contribution in [3.8, 4) is 0 Å². The first-order chi connectivity index (χ1) is 7.74. The van der Waals surface area contributed by atoms with Gasteiger partial charge >= 0.3 is 0 Å². The molecule has 0 radical (unpaired) electrons. The van der Waals surface area contributed by atoms with Crippen LogP contribution in [0.4, 0.5) is 0 Å². The lowest BCUT2D eigenvalue weighted by Crippen LogP contribution is -2.22. The average Bonchev–Trinajstić information content (AvgIpc) is 2.92. The first kappa shape index (κ1) is 10.8. The molecule has 2 bridgehead atoms. The molecule has 0 N–H and O–H groups in total. The van der Waals surface area contributed by atoms with Crippen LogP contribution in [-0.4, -0.2) is 5.78 Å². The summed E-state index contributed by atoms with van der Waals surface area (Å²) in [6, 6.07) is 0. The predicted octanol–water partition coefficient (Wildman–Crippen LogP) is 3.82. The zero-order valence-corrected chi connectivity index (χ0v) is 10.5. The Balaban J connectivity index is 1.56. The van der Waals surface area contributed by atoms with Crippen molar-refractivity contribution in [3.05, 3.63) is 0 Å². The molecule has 0 heterocycles. The van der Waals surface area contributed by atoms with Crippen molar-refractivity contribution in [3.63, 3.8) is 0 Å². The van der Waals surface area contributed by atoms with Gasteiger partial charge in [-0.3, -0.25) is 4.79 Å². The molecule has 5 atom stereocenters. The van der Waals surface area contributed by atoms with Crippen molar-refractivity contribution in [2.75, 3.05) is 0 Å². The van der Waals surface area contributed by atoms with Crippen LogP contribution in [0.2, 0.25) is 0 Å². The highest BCUT2D eigenvalue weighted by Gasteiger charge is 2.41. The van der Waals surface area contributed by atoms with Gasteiger partial charge in [-0.1, -0.05) is 19.8 Å². The Morgan fingerprint density at radius 2 is 2.00 bits per heavy atom. The van der Waals surface area contributed by atoms with Crippen LogP contribution in [0.1, 0.15) is 58.3 Å². The van der Waals surface area contributed by atoms with E-state index in [2.05, 4.69) is 6.92 Å². The topological polar surface area (TPSA) is 17.1 Å². The largest absolute Gasteiger partial charge is 0.299 e. The molecule has 0 saturated heterocycles. The molecule has 5 unspecified atom stereocenters. The Morgan fingerprint density at radius 3 is 2.56 bits per heavy atom. The third-order valence-electron chi connectivity index (χ3n) is 5.62. The van der Waals surface area contributed by atoms with Gasteiger partial charge in [-0.15, -0.1) is 0 Å². The molecule has 0 aromatic heterocycles. The van der Waals surface area contributed by atoms with Gasteiger partial charge in [0.2, 0.25) is 0 Å². The highest BCUT2D eigenvalue weighted by molar-refractivity contribution is 5.81. The Morgan fingerprint density at radius 1 is 1.12 bits per heavy atom. The molecule has 0 aliphatic heterocycles. The fraction of sp³-hybridized carbons (Fsp3) is 0.933. The summed E-state index contributed by atoms with van der Waals surface area (Å²) in [6.45, 7) is 2.27. The van der Waals surface area contributed by atoms with E-state index >= 15 is 0 Å². The molecule has 3 fully saturated rings. The predicted molar refractivity (Wildman–Crippen MR) is 65.1 cm³/mol. The maximum absolute atomic E-state index is 12.3. The second-order valence-electron chi connectivity index (χ2n) is 6.62. The number of hydrogen-bond acceptors (Lipinski definition) is 1. The highest BCUT2D eigenvalue weighted by Crippen LogP contribution is 2.50. The average molecular weight is 220 g/mol. The summed E-state index contributed by atoms with van der Waals surface area (Å²) in [5.74, 6) is 4.40. The SMILES string of the molecule is CC1CCCC1C(=O)CC1CC2CCC1C2. The Labute approximate surface area is 99.0 Å². The third-order valence-corrected chi connectivity index (χ3v) is 5.62. The van der Waals surface area contributed by atoms with Crippen LogP contribution in [0.3, 0.4) is 0 Å². The molecule has 0 amide bonds. The van der Waals surface area contributed by atoms with Crippen LogP contribution < -0.4 is 0 Å². The maximum Gasteiger partial charge on any atom is 0.136 e. The van der Waals surface area contributed by atoms with Crippen LogP contribution >= 0.6 is 0 Å². The Hall–Kier alpha value is -0.330. The number of fused-ring (bicyclic) bond motifs is 2. The number of ketones is 1. The molecule has 3 saturated carbocycles. The van der Waals surface area contributed by atoms with Crippen molar-refractivity contribution in [2.45, 2.75) is 58.3 Å². The van der Waals surface area contributed by atoms with Gasteiger partial charge in [0, 0.05) is 12.3 Å². The third kappa shape index (κ3) is 1.83. The van der Waals surface area contributed by atoms with Gasteiger partial charge in [-0.05, 0) is 55.8 Å². The number of Topliss-reactive ketones (excluding diaryl/α,β-unsaturated/α-hetero) is 1. The van der Waals surface area contributed by atoms with Crippen molar-refractivity contribution < 1.29 is 4.79 Å². The highest BCUT2D eigenvalue weighted by atomic mass is 16.1. The summed E-state index contributed by atoms with van der Waals surface area (Å²) >= 11 is 0. The first-order valence-electron chi connectivity index (χ1n) is 7.26. The standard InChI is InChI=1S/C15H24O/c1-10-3-2-4-14(10)15(16)9-13-8-11-5-6-12(13)7-11/h10-14H,2-9H2,1H3. The summed E-state index contributed by atoms with van der Waals surface area (Å²) < 4.78 is 0. The van der Waals surface area contributed by atoms with E-state index in [0.29, 0.717) is 17.6 Å². The lowest BCUT2D eigenvalue weighted by molar-refractivity contribution is -0.125. The van der Waals surface area contributed by atoms with Gasteiger partial charge in [0.15, 0.2) is 0 Å². The number of carbonyl (C=O) groups is 1. The maximum atomic E-state index is 12.3. The van der Waals surface area contributed by atoms with E-state index in [1.807, 2.05) is 0 Å². The monoisotopic (exact) mass is 220 g/mol. The van der Waals surface area contributed by atoms with Crippen LogP contribution in [0.25, 0.3) is 0 Å². The molecule has 1 heteroatoms. The zero-order valence-electron chi connectivity index (χ0n) is 10.5. The van der Waals surface area contributed by atoms with Crippen molar-refractivity contribution in [1.29, 1.82) is 0 Å². The van der Waals surface area contributed by atoms with E-state index in [4.69, 9.17) is 0 Å². The van der Waals surface area contributed by atoms with Crippen LogP contribution in [0.5, 0.6) is 0 Å². The van der Waals surface area contributed by atoms with E-state index < -0.39 is 0 Å². The lowest BCUT2D eigenvalue weighted by Gasteiger charge is -2.23. The molecule has 0 aromatic rings. The molecule has 0 aromatic carbocycles. The fourth-order valence-corrected chi connectivity index (χ4v) is 4.66. The minimum atomic E-state index is 0.430. The smallest absolute Gasteiger partial charge is 0.136 e. The molecule has 3 aliphatic carbocycles. The van der Waals surface area contributed by atoms with E-state index in [0.717, 1.165) is 24.2 Å². The molecule has 90 valence electrons. The van der Waals surface area contributed by atoms with E-state index in [-0.39, 0.29) is 0 Å². The minimum Gasteiger partial charge on any atom is -0.299 e. The summed E-state index contributed by atoms with van der Waals surface area (Å²) in [6.07, 6.45) is 10.4. The van der Waals surface area contributed by atoms with Crippen molar-refractivity contribution in [2.24, 2.45) is 29.6 Å². The molecule has 1 nitrogen and oxygen atoms in total. The number of carbonyl (C=O) groups excluding carboxylic acids is 1. The second-order valence-corrected chi connectivity index (χ2v) is 6.62. The van der Waals surface area contributed by atoms with Gasteiger partial charge in [-0.25, -0.2) is 0 Å². The van der Waals surface area contributed by atoms with Gasteiger partial charge in [0.1, 0.15) is 5.78 Å². The van der Waals surface area contributed by atoms with Gasteiger partial charge in [0.25, 0.3) is 0 Å². The molecule has 0 spiro atoms. The molecule has 3 rings (SSSR count). The van der Waals surface area contributed by atoms with Crippen LogP contribution in [0, 0.1) is 29.6 Å². The molecular formula is C15H24O. The van der Waals surface area contributed by atoms with Gasteiger partial charge in [-0.2, -0.15) is 0 Å². The van der Waals surface area contributed by atoms with Crippen LogP contribution in [-0.2, 0) is 4.79 Å². The summed E-state index contributed by atoms with van der Waals surface area (Å²) in [5.41, 5.74) is 0. The Kier molecular flexibility index (Phi) is 2.81. The second kappa shape index (κ2) is 4.16. The Bertz CT molecular complexity index is 283. The van der Waals surface area contributed by atoms with Crippen molar-refractivity contribution in [1.82, 2.24) is 0 Å². The van der Waals surface area contributed by atoms with E-state index in [9.17, 15) is 4.79 Å². The normalized spacial score (nSPS) is 46.4. The quantitative estimate of drug-likeness (QED) is 0.706. The lowest BCUT2D eigenvalue weighted by atomic mass is 9.81. The number of rotatable bonds is 3. The number of hydrogen-bond donors (Lipinski definition) is 0. The first-order valence-corrected chi connectivity index (χ1v) is 7.26. The minimum absolute atomic E-state index is 0.430. The van der Waals surface area contributed by atoms with Crippen molar-refractivity contribution >= 4 is 5.78 Å². The summed E-state index contributed by atoms with van der Waals surface area (Å²) in [5, 5.41) is 0. The van der Waals surface area contributed by atoms with Gasteiger partial charge in [0.05, 0.1) is 0 Å². The van der Waals surface area contributed by atoms with Crippen LogP contribution in [0.15, 0.2) is 0 Å². The molecular weight excluding hydrogens is 196 g/mol. The summed E-state index contributed by atoms with van der Waals surface area (Å²) in [4.78, 5) is 12.3. The fourth-order valence-electron chi connectivity index (χ4n) is 4.66.